The average Bonchev–Trinajstić information content (AvgIpc) is 3.46. The first kappa shape index (κ1) is 21.2. The van der Waals surface area contributed by atoms with Crippen molar-refractivity contribution in [3.8, 4) is 5.75 Å². The summed E-state index contributed by atoms with van der Waals surface area (Å²) in [7, 11) is 1.67. The quantitative estimate of drug-likeness (QED) is 0.582. The highest BCUT2D eigenvalue weighted by Crippen LogP contribution is 2.32. The van der Waals surface area contributed by atoms with Gasteiger partial charge in [0.25, 0.3) is 0 Å². The summed E-state index contributed by atoms with van der Waals surface area (Å²) in [6.07, 6.45) is 4.32. The van der Waals surface area contributed by atoms with Gasteiger partial charge < -0.3 is 14.2 Å². The highest BCUT2D eigenvalue weighted by atomic mass is 16.5. The van der Waals surface area contributed by atoms with Gasteiger partial charge in [-0.05, 0) is 57.4 Å². The van der Waals surface area contributed by atoms with Crippen LogP contribution >= 0.6 is 0 Å². The van der Waals surface area contributed by atoms with Crippen LogP contribution in [-0.2, 0) is 17.9 Å². The van der Waals surface area contributed by atoms with Gasteiger partial charge in [0.1, 0.15) is 11.6 Å². The minimum absolute atomic E-state index is 0.0277. The third-order valence-corrected chi connectivity index (χ3v) is 6.10. The van der Waals surface area contributed by atoms with Gasteiger partial charge in [0, 0.05) is 43.6 Å². The number of likely N-dealkylation sites (tertiary alicyclic amines) is 1. The zero-order valence-corrected chi connectivity index (χ0v) is 18.8. The molecule has 2 aromatic heterocycles. The smallest absolute Gasteiger partial charge is 0.225 e. The zero-order valence-electron chi connectivity index (χ0n) is 18.8. The van der Waals surface area contributed by atoms with Gasteiger partial charge in [0.2, 0.25) is 5.91 Å². The fourth-order valence-electron chi connectivity index (χ4n) is 4.44. The number of methoxy groups -OCH3 is 1. The number of carbonyl (C=O) groups is 1. The standard InChI is InChI=1S/C24H31N5O2/c1-17-14-18(2)29(26-17)13-11-23(30)27-12-5-6-22(27)24-25-15-19(3)28(24)16-20-7-9-21(31-4)10-8-20/h7-10,14-15,22H,5-6,11-13,16H2,1-4H3. The normalized spacial score (nSPS) is 16.1. The van der Waals surface area contributed by atoms with Crippen LogP contribution in [-0.4, -0.2) is 43.8 Å². The van der Waals surface area contributed by atoms with E-state index in [1.807, 2.05) is 47.8 Å². The number of imidazole rings is 1. The van der Waals surface area contributed by atoms with Crippen molar-refractivity contribution in [1.29, 1.82) is 0 Å². The second kappa shape index (κ2) is 8.96. The van der Waals surface area contributed by atoms with E-state index >= 15 is 0 Å². The molecule has 1 aliphatic heterocycles. The molecule has 7 nitrogen and oxygen atoms in total. The van der Waals surface area contributed by atoms with Gasteiger partial charge in [-0.3, -0.25) is 9.48 Å². The Hall–Kier alpha value is -3.09. The molecule has 1 amide bonds. The molecule has 0 aliphatic carbocycles. The number of carbonyl (C=O) groups excluding carboxylic acids is 1. The van der Waals surface area contributed by atoms with Crippen molar-refractivity contribution in [1.82, 2.24) is 24.2 Å². The van der Waals surface area contributed by atoms with Crippen LogP contribution in [0.4, 0.5) is 0 Å². The molecule has 31 heavy (non-hydrogen) atoms. The van der Waals surface area contributed by atoms with Crippen molar-refractivity contribution in [2.45, 2.75) is 59.2 Å². The van der Waals surface area contributed by atoms with Gasteiger partial charge in [-0.25, -0.2) is 4.98 Å². The second-order valence-corrected chi connectivity index (χ2v) is 8.34. The van der Waals surface area contributed by atoms with Crippen LogP contribution in [0.5, 0.6) is 5.75 Å². The molecule has 1 saturated heterocycles. The summed E-state index contributed by atoms with van der Waals surface area (Å²) < 4.78 is 9.43. The minimum Gasteiger partial charge on any atom is -0.497 e. The maximum Gasteiger partial charge on any atom is 0.225 e. The van der Waals surface area contributed by atoms with E-state index < -0.39 is 0 Å². The molecule has 0 spiro atoms. The van der Waals surface area contributed by atoms with Gasteiger partial charge in [-0.2, -0.15) is 5.10 Å². The van der Waals surface area contributed by atoms with E-state index in [0.717, 1.165) is 54.6 Å². The Bertz CT molecular complexity index is 1050. The molecule has 3 aromatic rings. The van der Waals surface area contributed by atoms with Crippen LogP contribution in [0, 0.1) is 20.8 Å². The molecule has 0 N–H and O–H groups in total. The number of ether oxygens (including phenoxy) is 1. The lowest BCUT2D eigenvalue weighted by molar-refractivity contribution is -0.132. The number of hydrogen-bond donors (Lipinski definition) is 0. The topological polar surface area (TPSA) is 65.2 Å². The Morgan fingerprint density at radius 1 is 1.16 bits per heavy atom. The van der Waals surface area contributed by atoms with E-state index in [-0.39, 0.29) is 11.9 Å². The number of hydrogen-bond acceptors (Lipinski definition) is 4. The third-order valence-electron chi connectivity index (χ3n) is 6.10. The Morgan fingerprint density at radius 2 is 1.94 bits per heavy atom. The molecule has 164 valence electrons. The highest BCUT2D eigenvalue weighted by molar-refractivity contribution is 5.76. The summed E-state index contributed by atoms with van der Waals surface area (Å²) in [5.74, 6) is 2.00. The van der Waals surface area contributed by atoms with Crippen molar-refractivity contribution >= 4 is 5.91 Å². The molecule has 3 heterocycles. The largest absolute Gasteiger partial charge is 0.497 e. The van der Waals surface area contributed by atoms with E-state index in [2.05, 4.69) is 28.7 Å². The summed E-state index contributed by atoms with van der Waals surface area (Å²) in [5, 5.41) is 4.48. The van der Waals surface area contributed by atoms with E-state index in [4.69, 9.17) is 9.72 Å². The van der Waals surface area contributed by atoms with Crippen LogP contribution in [0.25, 0.3) is 0 Å². The van der Waals surface area contributed by atoms with Crippen LogP contribution < -0.4 is 4.74 Å². The molecule has 0 bridgehead atoms. The average molecular weight is 422 g/mol. The molecule has 0 radical (unpaired) electrons. The third kappa shape index (κ3) is 4.50. The number of aryl methyl sites for hydroxylation is 4. The summed E-state index contributed by atoms with van der Waals surface area (Å²) in [4.78, 5) is 19.8. The predicted octanol–water partition coefficient (Wildman–Crippen LogP) is 3.82. The van der Waals surface area contributed by atoms with Gasteiger partial charge >= 0.3 is 0 Å². The summed E-state index contributed by atoms with van der Waals surface area (Å²) in [5.41, 5.74) is 4.37. The van der Waals surface area contributed by atoms with Crippen molar-refractivity contribution in [2.75, 3.05) is 13.7 Å². The maximum atomic E-state index is 13.1. The van der Waals surface area contributed by atoms with Crippen molar-refractivity contribution in [3.05, 3.63) is 65.0 Å². The Labute approximate surface area is 183 Å². The summed E-state index contributed by atoms with van der Waals surface area (Å²) in [6, 6.07) is 10.2. The van der Waals surface area contributed by atoms with Crippen molar-refractivity contribution in [3.63, 3.8) is 0 Å². The first-order valence-corrected chi connectivity index (χ1v) is 10.9. The molecule has 7 heteroatoms. The Balaban J connectivity index is 1.49. The fourth-order valence-corrected chi connectivity index (χ4v) is 4.44. The number of aromatic nitrogens is 4. The molecule has 0 saturated carbocycles. The van der Waals surface area contributed by atoms with Crippen molar-refractivity contribution < 1.29 is 9.53 Å². The zero-order chi connectivity index (χ0) is 22.0. The summed E-state index contributed by atoms with van der Waals surface area (Å²) >= 11 is 0. The van der Waals surface area contributed by atoms with Crippen LogP contribution in [0.15, 0.2) is 36.5 Å². The minimum atomic E-state index is 0.0277. The fraction of sp³-hybridized carbons (Fsp3) is 0.458. The van der Waals surface area contributed by atoms with Gasteiger partial charge in [0.15, 0.2) is 0 Å². The summed E-state index contributed by atoms with van der Waals surface area (Å²) in [6.45, 7) is 8.21. The molecule has 1 aromatic carbocycles. The second-order valence-electron chi connectivity index (χ2n) is 8.34. The lowest BCUT2D eigenvalue weighted by Gasteiger charge is -2.25. The van der Waals surface area contributed by atoms with Gasteiger partial charge in [-0.15, -0.1) is 0 Å². The van der Waals surface area contributed by atoms with E-state index in [1.54, 1.807) is 7.11 Å². The lowest BCUT2D eigenvalue weighted by atomic mass is 10.1. The molecular weight excluding hydrogens is 390 g/mol. The predicted molar refractivity (Wildman–Crippen MR) is 119 cm³/mol. The molecule has 1 atom stereocenters. The Kier molecular flexibility index (Phi) is 6.11. The van der Waals surface area contributed by atoms with E-state index in [0.29, 0.717) is 13.0 Å². The van der Waals surface area contributed by atoms with Crippen molar-refractivity contribution in [2.24, 2.45) is 0 Å². The van der Waals surface area contributed by atoms with Crippen LogP contribution in [0.2, 0.25) is 0 Å². The van der Waals surface area contributed by atoms with Gasteiger partial charge in [0.05, 0.1) is 18.8 Å². The monoisotopic (exact) mass is 421 g/mol. The van der Waals surface area contributed by atoms with E-state index in [9.17, 15) is 4.79 Å². The number of rotatable bonds is 7. The van der Waals surface area contributed by atoms with E-state index in [1.165, 1.54) is 5.56 Å². The lowest BCUT2D eigenvalue weighted by Crippen LogP contribution is -2.33. The number of nitrogens with zero attached hydrogens (tertiary/aromatic N) is 5. The SMILES string of the molecule is COc1ccc(Cn2c(C)cnc2C2CCCN2C(=O)CCn2nc(C)cc2C)cc1. The first-order chi connectivity index (χ1) is 15.0. The molecule has 4 rings (SSSR count). The highest BCUT2D eigenvalue weighted by Gasteiger charge is 2.33. The molecule has 1 unspecified atom stereocenters. The molecule has 1 aliphatic rings. The van der Waals surface area contributed by atoms with Crippen LogP contribution in [0.1, 0.15) is 53.8 Å². The number of amides is 1. The maximum absolute atomic E-state index is 13.1. The number of benzene rings is 1. The molecule has 1 fully saturated rings. The Morgan fingerprint density at radius 3 is 2.61 bits per heavy atom. The molecular formula is C24H31N5O2. The van der Waals surface area contributed by atoms with Gasteiger partial charge in [-0.1, -0.05) is 12.1 Å². The van der Waals surface area contributed by atoms with Crippen LogP contribution in [0.3, 0.4) is 0 Å². The first-order valence-electron chi connectivity index (χ1n) is 10.9.